The van der Waals surface area contributed by atoms with Gasteiger partial charge in [-0.25, -0.2) is 9.37 Å². The molecule has 0 bridgehead atoms. The van der Waals surface area contributed by atoms with Crippen LogP contribution in [0.3, 0.4) is 0 Å². The Kier molecular flexibility index (Phi) is 5.56. The van der Waals surface area contributed by atoms with Crippen LogP contribution in [0.2, 0.25) is 0 Å². The Bertz CT molecular complexity index is 950. The zero-order valence-corrected chi connectivity index (χ0v) is 16.2. The van der Waals surface area contributed by atoms with Crippen molar-refractivity contribution in [2.45, 2.75) is 19.4 Å². The van der Waals surface area contributed by atoms with Crippen LogP contribution in [-0.2, 0) is 11.2 Å². The van der Waals surface area contributed by atoms with Gasteiger partial charge in [0.2, 0.25) is 5.91 Å². The molecule has 0 radical (unpaired) electrons. The Morgan fingerprint density at radius 1 is 1.19 bits per heavy atom. The number of benzene rings is 2. The van der Waals surface area contributed by atoms with E-state index in [1.165, 1.54) is 12.1 Å². The van der Waals surface area contributed by atoms with Crippen LogP contribution in [0.4, 0.5) is 4.39 Å². The molecule has 0 saturated heterocycles. The molecular formula is C21H25FN4O. The smallest absolute Gasteiger partial charge is 0.244 e. The van der Waals surface area contributed by atoms with Crippen LogP contribution in [0.1, 0.15) is 23.0 Å². The lowest BCUT2D eigenvalue weighted by Crippen LogP contribution is -2.39. The van der Waals surface area contributed by atoms with E-state index in [1.807, 2.05) is 50.2 Å². The van der Waals surface area contributed by atoms with Crippen molar-refractivity contribution in [3.05, 3.63) is 65.2 Å². The van der Waals surface area contributed by atoms with Crippen molar-refractivity contribution in [2.24, 2.45) is 0 Å². The number of amides is 1. The van der Waals surface area contributed by atoms with Crippen LogP contribution < -0.4 is 0 Å². The summed E-state index contributed by atoms with van der Waals surface area (Å²) >= 11 is 0. The maximum Gasteiger partial charge on any atom is 0.244 e. The number of imidazole rings is 1. The molecule has 5 nitrogen and oxygen atoms in total. The van der Waals surface area contributed by atoms with E-state index >= 15 is 0 Å². The van der Waals surface area contributed by atoms with Gasteiger partial charge < -0.3 is 9.88 Å². The average molecular weight is 368 g/mol. The van der Waals surface area contributed by atoms with Crippen molar-refractivity contribution in [1.82, 2.24) is 19.8 Å². The third kappa shape index (κ3) is 4.34. The van der Waals surface area contributed by atoms with Gasteiger partial charge in [-0.1, -0.05) is 29.8 Å². The van der Waals surface area contributed by atoms with Gasteiger partial charge in [-0.3, -0.25) is 9.69 Å². The second-order valence-electron chi connectivity index (χ2n) is 7.14. The third-order valence-electron chi connectivity index (χ3n) is 4.66. The second kappa shape index (κ2) is 7.88. The number of aryl methyl sites for hydroxylation is 1. The molecule has 0 unspecified atom stereocenters. The fraction of sp³-hybridized carbons (Fsp3) is 0.333. The summed E-state index contributed by atoms with van der Waals surface area (Å²) in [6, 6.07) is 12.2. The van der Waals surface area contributed by atoms with E-state index in [1.54, 1.807) is 18.0 Å². The van der Waals surface area contributed by atoms with Crippen LogP contribution in [0, 0.1) is 12.7 Å². The number of aromatic amines is 1. The summed E-state index contributed by atoms with van der Waals surface area (Å²) in [5.74, 6) is 0.483. The van der Waals surface area contributed by atoms with E-state index in [2.05, 4.69) is 9.97 Å². The zero-order valence-electron chi connectivity index (χ0n) is 16.2. The van der Waals surface area contributed by atoms with Crippen molar-refractivity contribution in [3.8, 4) is 0 Å². The van der Waals surface area contributed by atoms with E-state index in [9.17, 15) is 9.18 Å². The van der Waals surface area contributed by atoms with Crippen molar-refractivity contribution in [2.75, 3.05) is 27.7 Å². The molecule has 142 valence electrons. The normalized spacial score (nSPS) is 12.5. The molecule has 1 heterocycles. The minimum Gasteiger partial charge on any atom is -0.344 e. The molecule has 0 aliphatic rings. The first-order chi connectivity index (χ1) is 12.8. The lowest BCUT2D eigenvalue weighted by Gasteiger charge is -2.28. The van der Waals surface area contributed by atoms with Crippen molar-refractivity contribution < 1.29 is 9.18 Å². The van der Waals surface area contributed by atoms with E-state index in [4.69, 9.17) is 0 Å². The molecule has 0 aliphatic carbocycles. The minimum atomic E-state index is -0.334. The van der Waals surface area contributed by atoms with Gasteiger partial charge in [0.15, 0.2) is 0 Å². The largest absolute Gasteiger partial charge is 0.344 e. The Morgan fingerprint density at radius 3 is 2.67 bits per heavy atom. The zero-order chi connectivity index (χ0) is 19.6. The predicted molar refractivity (Wildman–Crippen MR) is 105 cm³/mol. The molecule has 3 aromatic rings. The van der Waals surface area contributed by atoms with Crippen molar-refractivity contribution >= 4 is 16.9 Å². The minimum absolute atomic E-state index is 0.0350. The number of nitrogens with one attached hydrogen (secondary N) is 1. The molecule has 0 aliphatic heterocycles. The Labute approximate surface area is 158 Å². The molecule has 0 saturated carbocycles. The van der Waals surface area contributed by atoms with Gasteiger partial charge in [0.05, 0.1) is 11.0 Å². The molecule has 1 amide bonds. The summed E-state index contributed by atoms with van der Waals surface area (Å²) in [6.07, 6.45) is 0.576. The van der Waals surface area contributed by atoms with Gasteiger partial charge in [-0.15, -0.1) is 0 Å². The van der Waals surface area contributed by atoms with Crippen LogP contribution >= 0.6 is 0 Å². The predicted octanol–water partition coefficient (Wildman–Crippen LogP) is 3.31. The van der Waals surface area contributed by atoms with E-state index < -0.39 is 0 Å². The number of nitrogens with zero attached hydrogens (tertiary/aromatic N) is 3. The summed E-state index contributed by atoms with van der Waals surface area (Å²) in [7, 11) is 5.62. The first-order valence-corrected chi connectivity index (χ1v) is 8.97. The molecule has 3 rings (SSSR count). The number of fused-ring (bicyclic) bond motifs is 1. The topological polar surface area (TPSA) is 52.2 Å². The summed E-state index contributed by atoms with van der Waals surface area (Å²) in [6.45, 7) is 2.55. The van der Waals surface area contributed by atoms with E-state index in [-0.39, 0.29) is 17.8 Å². The van der Waals surface area contributed by atoms with E-state index in [0.29, 0.717) is 18.5 Å². The molecule has 1 aromatic heterocycles. The highest BCUT2D eigenvalue weighted by Gasteiger charge is 2.26. The summed E-state index contributed by atoms with van der Waals surface area (Å²) < 4.78 is 13.3. The van der Waals surface area contributed by atoms with Crippen LogP contribution in [-0.4, -0.2) is 53.4 Å². The summed E-state index contributed by atoms with van der Waals surface area (Å²) in [5, 5.41) is 0. The highest BCUT2D eigenvalue weighted by molar-refractivity contribution is 5.83. The van der Waals surface area contributed by atoms with Crippen molar-refractivity contribution in [3.63, 3.8) is 0 Å². The molecule has 0 fully saturated rings. The maximum absolute atomic E-state index is 13.3. The maximum atomic E-state index is 13.3. The first kappa shape index (κ1) is 19.0. The number of rotatable bonds is 6. The fourth-order valence-electron chi connectivity index (χ4n) is 3.25. The number of aromatic nitrogens is 2. The highest BCUT2D eigenvalue weighted by Crippen LogP contribution is 2.22. The SMILES string of the molecule is Cc1cccc([C@@H](C(=O)N(C)CCc2nc3ccc(F)cc3[nH]2)N(C)C)c1. The van der Waals surface area contributed by atoms with Gasteiger partial charge in [0.1, 0.15) is 17.7 Å². The number of carbonyl (C=O) groups is 1. The Hall–Kier alpha value is -2.73. The monoisotopic (exact) mass is 368 g/mol. The first-order valence-electron chi connectivity index (χ1n) is 8.97. The number of H-pyrrole nitrogens is 1. The van der Waals surface area contributed by atoms with Crippen LogP contribution in [0.5, 0.6) is 0 Å². The highest BCUT2D eigenvalue weighted by atomic mass is 19.1. The quantitative estimate of drug-likeness (QED) is 0.726. The van der Waals surface area contributed by atoms with Crippen molar-refractivity contribution in [1.29, 1.82) is 0 Å². The summed E-state index contributed by atoms with van der Waals surface area (Å²) in [5.41, 5.74) is 3.51. The number of halogens is 1. The lowest BCUT2D eigenvalue weighted by atomic mass is 10.0. The molecule has 6 heteroatoms. The van der Waals surface area contributed by atoms with Gasteiger partial charge in [-0.05, 0) is 44.8 Å². The number of hydrogen-bond donors (Lipinski definition) is 1. The van der Waals surface area contributed by atoms with Crippen LogP contribution in [0.15, 0.2) is 42.5 Å². The standard InChI is InChI=1S/C21H25FN4O/c1-14-6-5-7-15(12-14)20(25(2)3)21(27)26(4)11-10-19-23-17-9-8-16(22)13-18(17)24-19/h5-9,12-13,20H,10-11H2,1-4H3,(H,23,24)/t20-/m0/s1. The Balaban J connectivity index is 1.71. The number of likely N-dealkylation sites (N-methyl/N-ethyl adjacent to an activating group) is 2. The second-order valence-corrected chi connectivity index (χ2v) is 7.14. The van der Waals surface area contributed by atoms with E-state index in [0.717, 1.165) is 22.5 Å². The lowest BCUT2D eigenvalue weighted by molar-refractivity contribution is -0.135. The molecule has 0 spiro atoms. The molecule has 1 N–H and O–H groups in total. The van der Waals surface area contributed by atoms with Gasteiger partial charge in [0.25, 0.3) is 0 Å². The molecule has 2 aromatic carbocycles. The number of hydrogen-bond acceptors (Lipinski definition) is 3. The Morgan fingerprint density at radius 2 is 1.96 bits per heavy atom. The van der Waals surface area contributed by atoms with Gasteiger partial charge in [0, 0.05) is 20.0 Å². The molecule has 1 atom stereocenters. The number of carbonyl (C=O) groups excluding carboxylic acids is 1. The van der Waals surface area contributed by atoms with Crippen LogP contribution in [0.25, 0.3) is 11.0 Å². The van der Waals surface area contributed by atoms with Gasteiger partial charge >= 0.3 is 0 Å². The average Bonchev–Trinajstić information content (AvgIpc) is 3.01. The third-order valence-corrected chi connectivity index (χ3v) is 4.66. The fourth-order valence-corrected chi connectivity index (χ4v) is 3.25. The molecule has 27 heavy (non-hydrogen) atoms. The molecular weight excluding hydrogens is 343 g/mol. The summed E-state index contributed by atoms with van der Waals surface area (Å²) in [4.78, 5) is 24.3. The van der Waals surface area contributed by atoms with Gasteiger partial charge in [-0.2, -0.15) is 0 Å².